The first-order valence-corrected chi connectivity index (χ1v) is 5.23. The van der Waals surface area contributed by atoms with Gasteiger partial charge in [-0.15, -0.1) is 0 Å². The molecular weight excluding hydrogens is 194 g/mol. The van der Waals surface area contributed by atoms with E-state index < -0.39 is 0 Å². The number of para-hydroxylation sites is 1. The number of rotatable bonds is 1. The number of nitrogens with zero attached hydrogens (tertiary/aromatic N) is 1. The molecule has 2 rings (SSSR count). The molecule has 0 saturated carbocycles. The third-order valence-electron chi connectivity index (χ3n) is 2.64. The number of aryl methyl sites for hydroxylation is 1. The molecule has 0 fully saturated rings. The molecule has 0 aliphatic rings. The Morgan fingerprint density at radius 1 is 1.29 bits per heavy atom. The second-order valence-electron chi connectivity index (χ2n) is 3.96. The van der Waals surface area contributed by atoms with Crippen LogP contribution in [-0.4, -0.2) is 4.57 Å². The number of aromatic nitrogens is 1. The van der Waals surface area contributed by atoms with E-state index in [4.69, 9.17) is 11.6 Å². The zero-order valence-electron chi connectivity index (χ0n) is 8.71. The molecule has 14 heavy (non-hydrogen) atoms. The van der Waals surface area contributed by atoms with Gasteiger partial charge < -0.3 is 4.57 Å². The van der Waals surface area contributed by atoms with Crippen molar-refractivity contribution in [3.8, 4) is 0 Å². The Balaban J connectivity index is 2.81. The summed E-state index contributed by atoms with van der Waals surface area (Å²) in [7, 11) is 2.07. The lowest BCUT2D eigenvalue weighted by molar-refractivity contribution is 0.755. The molecule has 0 radical (unpaired) electrons. The van der Waals surface area contributed by atoms with Crippen LogP contribution in [0, 0.1) is 0 Å². The van der Waals surface area contributed by atoms with Crippen LogP contribution in [0.4, 0.5) is 0 Å². The first-order valence-electron chi connectivity index (χ1n) is 4.85. The smallest absolute Gasteiger partial charge is 0.0669 e. The minimum absolute atomic E-state index is 0.531. The van der Waals surface area contributed by atoms with Gasteiger partial charge in [-0.05, 0) is 18.1 Å². The van der Waals surface area contributed by atoms with Crippen molar-refractivity contribution < 1.29 is 0 Å². The Bertz CT molecular complexity index is 468. The van der Waals surface area contributed by atoms with Crippen LogP contribution in [-0.2, 0) is 7.05 Å². The summed E-state index contributed by atoms with van der Waals surface area (Å²) in [5.74, 6) is 0.531. The number of hydrogen-bond donors (Lipinski definition) is 0. The Morgan fingerprint density at radius 3 is 2.57 bits per heavy atom. The van der Waals surface area contributed by atoms with Gasteiger partial charge in [-0.25, -0.2) is 0 Å². The molecule has 0 N–H and O–H groups in total. The Kier molecular flexibility index (Phi) is 2.28. The molecule has 2 heteroatoms. The van der Waals surface area contributed by atoms with E-state index in [0.29, 0.717) is 5.92 Å². The fraction of sp³-hybridized carbons (Fsp3) is 0.333. The van der Waals surface area contributed by atoms with Gasteiger partial charge in [0.1, 0.15) is 0 Å². The number of fused-ring (bicyclic) bond motifs is 1. The third-order valence-corrected chi connectivity index (χ3v) is 2.94. The molecule has 0 aliphatic heterocycles. The largest absolute Gasteiger partial charge is 0.346 e. The summed E-state index contributed by atoms with van der Waals surface area (Å²) in [6.07, 6.45) is 0. The quantitative estimate of drug-likeness (QED) is 0.667. The zero-order valence-corrected chi connectivity index (χ0v) is 9.47. The van der Waals surface area contributed by atoms with Crippen molar-refractivity contribution in [3.63, 3.8) is 0 Å². The maximum Gasteiger partial charge on any atom is 0.0669 e. The molecule has 1 aromatic heterocycles. The van der Waals surface area contributed by atoms with E-state index in [1.807, 2.05) is 12.1 Å². The Labute approximate surface area is 89.3 Å². The summed E-state index contributed by atoms with van der Waals surface area (Å²) in [4.78, 5) is 0. The van der Waals surface area contributed by atoms with Crippen LogP contribution in [0.3, 0.4) is 0 Å². The topological polar surface area (TPSA) is 4.93 Å². The monoisotopic (exact) mass is 207 g/mol. The highest BCUT2D eigenvalue weighted by molar-refractivity contribution is 6.35. The van der Waals surface area contributed by atoms with Gasteiger partial charge in [-0.1, -0.05) is 37.6 Å². The van der Waals surface area contributed by atoms with E-state index in [1.54, 1.807) is 0 Å². The van der Waals surface area contributed by atoms with Crippen molar-refractivity contribution in [2.24, 2.45) is 7.05 Å². The second-order valence-corrected chi connectivity index (χ2v) is 4.37. The molecule has 1 nitrogen and oxygen atoms in total. The van der Waals surface area contributed by atoms with Crippen LogP contribution in [0.25, 0.3) is 10.9 Å². The van der Waals surface area contributed by atoms with Gasteiger partial charge in [-0.2, -0.15) is 0 Å². The van der Waals surface area contributed by atoms with Gasteiger partial charge in [0.15, 0.2) is 0 Å². The zero-order chi connectivity index (χ0) is 10.3. The van der Waals surface area contributed by atoms with E-state index in [0.717, 1.165) is 10.5 Å². The van der Waals surface area contributed by atoms with Crippen molar-refractivity contribution in [1.29, 1.82) is 0 Å². The highest BCUT2D eigenvalue weighted by Crippen LogP contribution is 2.29. The molecule has 0 unspecified atom stereocenters. The normalized spacial score (nSPS) is 11.5. The lowest BCUT2D eigenvalue weighted by atomic mass is 10.1. The van der Waals surface area contributed by atoms with Crippen LogP contribution in [0.15, 0.2) is 24.3 Å². The van der Waals surface area contributed by atoms with Gasteiger partial charge in [-0.3, -0.25) is 0 Å². The van der Waals surface area contributed by atoms with Gasteiger partial charge in [0.2, 0.25) is 0 Å². The predicted molar refractivity (Wildman–Crippen MR) is 62.0 cm³/mol. The molecule has 0 amide bonds. The molecular formula is C12H14ClN. The number of hydrogen-bond acceptors (Lipinski definition) is 0. The standard InChI is InChI=1S/C12H14ClN/c1-8(2)11-7-9-5-4-6-10(13)12(9)14(11)3/h4-8H,1-3H3. The summed E-state index contributed by atoms with van der Waals surface area (Å²) >= 11 is 6.16. The average Bonchev–Trinajstić information content (AvgIpc) is 2.45. The van der Waals surface area contributed by atoms with Crippen LogP contribution in [0.2, 0.25) is 5.02 Å². The van der Waals surface area contributed by atoms with Crippen molar-refractivity contribution >= 4 is 22.5 Å². The summed E-state index contributed by atoms with van der Waals surface area (Å²) in [6, 6.07) is 8.25. The molecule has 0 aliphatic carbocycles. The summed E-state index contributed by atoms with van der Waals surface area (Å²) in [5.41, 5.74) is 2.46. The molecule has 0 saturated heterocycles. The SMILES string of the molecule is CC(C)c1cc2cccc(Cl)c2n1C. The van der Waals surface area contributed by atoms with E-state index >= 15 is 0 Å². The van der Waals surface area contributed by atoms with Gasteiger partial charge in [0.25, 0.3) is 0 Å². The van der Waals surface area contributed by atoms with Crippen molar-refractivity contribution in [2.75, 3.05) is 0 Å². The molecule has 74 valence electrons. The maximum absolute atomic E-state index is 6.16. The highest BCUT2D eigenvalue weighted by atomic mass is 35.5. The molecule has 0 atom stereocenters. The Morgan fingerprint density at radius 2 is 2.00 bits per heavy atom. The lowest BCUT2D eigenvalue weighted by Crippen LogP contribution is -1.97. The van der Waals surface area contributed by atoms with E-state index in [2.05, 4.69) is 37.6 Å². The molecule has 1 heterocycles. The molecule has 1 aromatic carbocycles. The minimum Gasteiger partial charge on any atom is -0.346 e. The molecule has 0 spiro atoms. The van der Waals surface area contributed by atoms with E-state index in [9.17, 15) is 0 Å². The molecule has 0 bridgehead atoms. The third kappa shape index (κ3) is 1.32. The fourth-order valence-electron chi connectivity index (χ4n) is 1.94. The van der Waals surface area contributed by atoms with Gasteiger partial charge in [0, 0.05) is 18.1 Å². The maximum atomic E-state index is 6.16. The van der Waals surface area contributed by atoms with E-state index in [1.165, 1.54) is 11.1 Å². The van der Waals surface area contributed by atoms with Crippen molar-refractivity contribution in [3.05, 3.63) is 35.0 Å². The first-order chi connectivity index (χ1) is 6.61. The summed E-state index contributed by atoms with van der Waals surface area (Å²) in [5, 5.41) is 2.06. The van der Waals surface area contributed by atoms with Crippen molar-refractivity contribution in [1.82, 2.24) is 4.57 Å². The second kappa shape index (κ2) is 3.32. The fourth-order valence-corrected chi connectivity index (χ4v) is 2.25. The Hall–Kier alpha value is -0.950. The summed E-state index contributed by atoms with van der Waals surface area (Å²) < 4.78 is 2.18. The van der Waals surface area contributed by atoms with Gasteiger partial charge in [0.05, 0.1) is 10.5 Å². The van der Waals surface area contributed by atoms with Crippen LogP contribution in [0.1, 0.15) is 25.5 Å². The van der Waals surface area contributed by atoms with Crippen LogP contribution >= 0.6 is 11.6 Å². The molecule has 2 aromatic rings. The minimum atomic E-state index is 0.531. The van der Waals surface area contributed by atoms with Crippen LogP contribution in [0.5, 0.6) is 0 Å². The predicted octanol–water partition coefficient (Wildman–Crippen LogP) is 3.96. The number of halogens is 1. The highest BCUT2D eigenvalue weighted by Gasteiger charge is 2.10. The number of benzene rings is 1. The van der Waals surface area contributed by atoms with E-state index in [-0.39, 0.29) is 0 Å². The van der Waals surface area contributed by atoms with Crippen molar-refractivity contribution in [2.45, 2.75) is 19.8 Å². The lowest BCUT2D eigenvalue weighted by Gasteiger charge is -2.07. The summed E-state index contributed by atoms with van der Waals surface area (Å²) in [6.45, 7) is 4.39. The average molecular weight is 208 g/mol. The first kappa shape index (κ1) is 9.60. The van der Waals surface area contributed by atoms with Gasteiger partial charge >= 0.3 is 0 Å². The van der Waals surface area contributed by atoms with Crippen LogP contribution < -0.4 is 0 Å².